The molecule has 0 fully saturated rings. The molecule has 0 unspecified atom stereocenters. The Balaban J connectivity index is -0.000000123. The van der Waals surface area contributed by atoms with Crippen molar-refractivity contribution >= 4 is 12.6 Å². The second kappa shape index (κ2) is 32.8. The third kappa shape index (κ3) is 18.7. The zero-order valence-electron chi connectivity index (χ0n) is 24.9. The van der Waals surface area contributed by atoms with Gasteiger partial charge in [-0.2, -0.15) is 12.6 Å². The predicted octanol–water partition coefficient (Wildman–Crippen LogP) is 11.2. The number of allylic oxidation sites excluding steroid dienone is 8. The van der Waals surface area contributed by atoms with Crippen LogP contribution in [0, 0.1) is 0 Å². The van der Waals surface area contributed by atoms with Gasteiger partial charge < -0.3 is 5.73 Å². The summed E-state index contributed by atoms with van der Waals surface area (Å²) in [5.41, 5.74) is 14.1. The van der Waals surface area contributed by atoms with Crippen molar-refractivity contribution in [1.29, 1.82) is 0 Å². The first-order chi connectivity index (χ1) is 16.0. The van der Waals surface area contributed by atoms with Crippen LogP contribution in [0.4, 0.5) is 0 Å². The molecule has 33 heavy (non-hydrogen) atoms. The number of thiol groups is 1. The Labute approximate surface area is 216 Å². The van der Waals surface area contributed by atoms with Gasteiger partial charge in [-0.1, -0.05) is 120 Å². The molecule has 2 heteroatoms. The van der Waals surface area contributed by atoms with Crippen molar-refractivity contribution in [2.75, 3.05) is 6.26 Å². The van der Waals surface area contributed by atoms with Crippen LogP contribution < -0.4 is 5.73 Å². The van der Waals surface area contributed by atoms with E-state index in [0.717, 1.165) is 28.8 Å². The molecule has 0 spiro atoms. The average molecular weight is 480 g/mol. The Kier molecular flexibility index (Phi) is 41.5. The molecule has 0 bridgehead atoms. The summed E-state index contributed by atoms with van der Waals surface area (Å²) >= 11 is 3.53. The van der Waals surface area contributed by atoms with Gasteiger partial charge in [0, 0.05) is 5.70 Å². The molecule has 1 nitrogen and oxygen atoms in total. The largest absolute Gasteiger partial charge is 0.398 e. The maximum atomic E-state index is 5.48. The molecule has 0 radical (unpaired) electrons. The highest BCUT2D eigenvalue weighted by Gasteiger charge is 2.18. The molecule has 2 aliphatic rings. The van der Waals surface area contributed by atoms with Crippen LogP contribution in [0.1, 0.15) is 122 Å². The zero-order valence-corrected chi connectivity index (χ0v) is 25.8. The van der Waals surface area contributed by atoms with Crippen molar-refractivity contribution in [2.24, 2.45) is 5.73 Å². The topological polar surface area (TPSA) is 26.0 Å². The van der Waals surface area contributed by atoms with Crippen LogP contribution in [-0.4, -0.2) is 6.26 Å². The van der Waals surface area contributed by atoms with Gasteiger partial charge in [-0.3, -0.25) is 0 Å². The Morgan fingerprint density at radius 1 is 0.848 bits per heavy atom. The molecule has 0 aromatic heterocycles. The van der Waals surface area contributed by atoms with Crippen molar-refractivity contribution in [3.8, 4) is 0 Å². The van der Waals surface area contributed by atoms with Gasteiger partial charge in [0.05, 0.1) is 0 Å². The van der Waals surface area contributed by atoms with Crippen LogP contribution in [0.25, 0.3) is 0 Å². The lowest BCUT2D eigenvalue weighted by atomic mass is 9.86. The smallest absolute Gasteiger partial charge is 0.0423 e. The number of hydrogen-bond acceptors (Lipinski definition) is 2. The van der Waals surface area contributed by atoms with Crippen molar-refractivity contribution < 1.29 is 0 Å². The predicted molar refractivity (Wildman–Crippen MR) is 164 cm³/mol. The maximum absolute atomic E-state index is 5.48. The van der Waals surface area contributed by atoms with Gasteiger partial charge in [0.15, 0.2) is 0 Å². The van der Waals surface area contributed by atoms with Gasteiger partial charge in [0.2, 0.25) is 0 Å². The van der Waals surface area contributed by atoms with Crippen molar-refractivity contribution in [3.63, 3.8) is 0 Å². The fourth-order valence-corrected chi connectivity index (χ4v) is 2.90. The van der Waals surface area contributed by atoms with Crippen molar-refractivity contribution in [2.45, 2.75) is 122 Å². The maximum Gasteiger partial charge on any atom is 0.0423 e. The minimum atomic E-state index is 0.815. The molecule has 0 atom stereocenters. The number of hydrogen-bond donors (Lipinski definition) is 2. The number of nitrogens with two attached hydrogens (primary N) is 1. The summed E-state index contributed by atoms with van der Waals surface area (Å²) < 4.78 is 0. The van der Waals surface area contributed by atoms with Gasteiger partial charge >= 0.3 is 0 Å². The minimum absolute atomic E-state index is 0.815. The highest BCUT2D eigenvalue weighted by molar-refractivity contribution is 7.79. The molecule has 0 aliphatic heterocycles. The fraction of sp³-hybridized carbons (Fsp3) is 0.613. The minimum Gasteiger partial charge on any atom is -0.398 e. The van der Waals surface area contributed by atoms with Crippen LogP contribution in [-0.2, 0) is 0 Å². The Bertz CT molecular complexity index is 564. The molecule has 0 amide bonds. The van der Waals surface area contributed by atoms with E-state index < -0.39 is 0 Å². The van der Waals surface area contributed by atoms with E-state index in [1.807, 2.05) is 62.3 Å². The lowest BCUT2D eigenvalue weighted by molar-refractivity contribution is 0.804. The molecule has 0 aromatic rings. The summed E-state index contributed by atoms with van der Waals surface area (Å²) in [6, 6.07) is 0. The van der Waals surface area contributed by atoms with Gasteiger partial charge in [0.25, 0.3) is 0 Å². The molecule has 2 N–H and O–H groups in total. The summed E-state index contributed by atoms with van der Waals surface area (Å²) in [5, 5.41) is 0. The van der Waals surface area contributed by atoms with Crippen LogP contribution in [0.15, 0.2) is 70.5 Å². The van der Waals surface area contributed by atoms with E-state index in [-0.39, 0.29) is 0 Å². The van der Waals surface area contributed by atoms with Gasteiger partial charge in [-0.05, 0) is 73.1 Å². The van der Waals surface area contributed by atoms with Crippen molar-refractivity contribution in [1.82, 2.24) is 0 Å². The molecular formula is C31H61NS. The Hall–Kier alpha value is -1.41. The van der Waals surface area contributed by atoms with Gasteiger partial charge in [-0.25, -0.2) is 0 Å². The molecule has 0 saturated heterocycles. The lowest BCUT2D eigenvalue weighted by Gasteiger charge is -2.22. The highest BCUT2D eigenvalue weighted by Crippen LogP contribution is 2.32. The summed E-state index contributed by atoms with van der Waals surface area (Å²) in [7, 11) is 0. The first kappa shape index (κ1) is 41.8. The summed E-state index contributed by atoms with van der Waals surface area (Å²) in [4.78, 5) is 0. The quantitative estimate of drug-likeness (QED) is 0.385. The average Bonchev–Trinajstić information content (AvgIpc) is 2.91. The Morgan fingerprint density at radius 2 is 1.33 bits per heavy atom. The third-order valence-corrected chi connectivity index (χ3v) is 4.65. The molecule has 2 aliphatic carbocycles. The molecule has 2 rings (SSSR count). The van der Waals surface area contributed by atoms with Crippen molar-refractivity contribution in [3.05, 3.63) is 70.5 Å². The lowest BCUT2D eigenvalue weighted by Crippen LogP contribution is -2.15. The van der Waals surface area contributed by atoms with E-state index in [1.165, 1.54) is 37.7 Å². The van der Waals surface area contributed by atoms with Crippen LogP contribution in [0.2, 0.25) is 0 Å². The molecule has 0 saturated carbocycles. The van der Waals surface area contributed by atoms with Crippen LogP contribution in [0.5, 0.6) is 0 Å². The fourth-order valence-electron chi connectivity index (χ4n) is 2.90. The van der Waals surface area contributed by atoms with Crippen LogP contribution >= 0.6 is 12.6 Å². The van der Waals surface area contributed by atoms with Gasteiger partial charge in [-0.15, -0.1) is 0 Å². The highest BCUT2D eigenvalue weighted by atomic mass is 32.1. The number of rotatable bonds is 4. The van der Waals surface area contributed by atoms with Crippen LogP contribution in [0.3, 0.4) is 0 Å². The van der Waals surface area contributed by atoms with Gasteiger partial charge in [0.1, 0.15) is 0 Å². The zero-order chi connectivity index (χ0) is 27.4. The first-order valence-electron chi connectivity index (χ1n) is 13.3. The normalized spacial score (nSPS) is 17.2. The van der Waals surface area contributed by atoms with E-state index in [1.54, 1.807) is 17.4 Å². The SMILES string of the molecule is C=C1C(=C)C(N)=C1C.CC.CC.CC.CC.CCC/C1=C(CC)/C=C(/CC)C=CCC1.CS. The monoisotopic (exact) mass is 479 g/mol. The second-order valence-electron chi connectivity index (χ2n) is 6.24. The summed E-state index contributed by atoms with van der Waals surface area (Å²) in [6.45, 7) is 32.2. The molecule has 196 valence electrons. The molecule has 0 heterocycles. The standard InChI is InChI=1S/C15H24.C7H9N.4C2H6.CH4S/c1-4-9-15-11-8-7-10-13(5-2)12-14(15)6-3;1-4-5(2)7(8)6(4)3;5*1-2/h7,10,12H,4-6,8-9,11H2,1-3H3;1-2,8H2,3H3;4*1-2H3;2H,1H3/b10-7?,13-12-,15-14-;;;;;;. The van der Waals surface area contributed by atoms with E-state index in [9.17, 15) is 0 Å². The first-order valence-corrected chi connectivity index (χ1v) is 14.2. The van der Waals surface area contributed by atoms with E-state index >= 15 is 0 Å². The van der Waals surface area contributed by atoms with E-state index in [2.05, 4.69) is 64.8 Å². The third-order valence-electron chi connectivity index (χ3n) is 4.65. The summed E-state index contributed by atoms with van der Waals surface area (Å²) in [6.07, 6.45) is 16.1. The van der Waals surface area contributed by atoms with E-state index in [0.29, 0.717) is 0 Å². The summed E-state index contributed by atoms with van der Waals surface area (Å²) in [5.74, 6) is 0. The molecular weight excluding hydrogens is 418 g/mol. The van der Waals surface area contributed by atoms with E-state index in [4.69, 9.17) is 5.73 Å². The second-order valence-corrected chi connectivity index (χ2v) is 6.24. The Morgan fingerprint density at radius 3 is 1.64 bits per heavy atom. The molecule has 0 aromatic carbocycles.